The second kappa shape index (κ2) is 9.53. The monoisotopic (exact) mass is 551 g/mol. The number of rotatable bonds is 7. The number of benzene rings is 2. The Morgan fingerprint density at radius 1 is 1.10 bits per heavy atom. The summed E-state index contributed by atoms with van der Waals surface area (Å²) in [5, 5.41) is 9.51. The van der Waals surface area contributed by atoms with Gasteiger partial charge in [0.2, 0.25) is 5.88 Å². The molecule has 3 aromatic rings. The molecule has 3 atom stereocenters. The second-order valence-electron chi connectivity index (χ2n) is 12.1. The second-order valence-corrected chi connectivity index (χ2v) is 12.1. The highest BCUT2D eigenvalue weighted by Gasteiger charge is 2.63. The molecule has 0 radical (unpaired) electrons. The third kappa shape index (κ3) is 4.23. The van der Waals surface area contributed by atoms with E-state index >= 15 is 13.2 Å². The van der Waals surface area contributed by atoms with Gasteiger partial charge in [-0.15, -0.1) is 0 Å². The normalized spacial score (nSPS) is 24.2. The van der Waals surface area contributed by atoms with Crippen LogP contribution in [0.25, 0.3) is 11.1 Å². The van der Waals surface area contributed by atoms with Crippen LogP contribution < -0.4 is 9.47 Å². The van der Waals surface area contributed by atoms with Crippen LogP contribution in [0, 0.1) is 28.8 Å². The number of carboxylic acid groups (broad SMARTS) is 1. The number of nitrogens with zero attached hydrogens (tertiary/aromatic N) is 1. The Morgan fingerprint density at radius 3 is 2.58 bits per heavy atom. The quantitative estimate of drug-likeness (QED) is 0.333. The maximum absolute atomic E-state index is 15.7. The Bertz CT molecular complexity index is 1520. The van der Waals surface area contributed by atoms with E-state index in [-0.39, 0.29) is 34.8 Å². The van der Waals surface area contributed by atoms with Crippen molar-refractivity contribution in [3.63, 3.8) is 0 Å². The Hall–Kier alpha value is -3.55. The van der Waals surface area contributed by atoms with Crippen LogP contribution >= 0.6 is 0 Å². The Kier molecular flexibility index (Phi) is 6.35. The molecule has 1 aromatic heterocycles. The first kappa shape index (κ1) is 26.7. The summed E-state index contributed by atoms with van der Waals surface area (Å²) in [6.45, 7) is 4.40. The van der Waals surface area contributed by atoms with Crippen molar-refractivity contribution in [3.05, 3.63) is 76.2 Å². The van der Waals surface area contributed by atoms with Crippen molar-refractivity contribution in [1.82, 2.24) is 4.98 Å². The minimum absolute atomic E-state index is 0.00366. The number of methoxy groups -OCH3 is 1. The van der Waals surface area contributed by atoms with Crippen molar-refractivity contribution >= 4 is 5.97 Å². The lowest BCUT2D eigenvalue weighted by Gasteiger charge is -2.30. The lowest BCUT2D eigenvalue weighted by Crippen LogP contribution is -2.17. The SMILES string of the molecule is COc1cc(-c2ccc(COc3cc(F)c4c(c3F)[C@@]3(CC4)C[C@@H]3C(=O)O)cc2[C@@H]2CCCC2(C)C)c(F)cn1. The summed E-state index contributed by atoms with van der Waals surface area (Å²) in [6, 6.07) is 8.28. The summed E-state index contributed by atoms with van der Waals surface area (Å²) in [6.07, 6.45) is 5.26. The van der Waals surface area contributed by atoms with Crippen LogP contribution in [0.15, 0.2) is 36.5 Å². The fraction of sp³-hybridized carbons (Fsp3) is 0.438. The predicted octanol–water partition coefficient (Wildman–Crippen LogP) is 7.34. The van der Waals surface area contributed by atoms with Crippen molar-refractivity contribution in [2.24, 2.45) is 11.3 Å². The molecule has 210 valence electrons. The van der Waals surface area contributed by atoms with E-state index in [4.69, 9.17) is 9.47 Å². The predicted molar refractivity (Wildman–Crippen MR) is 143 cm³/mol. The first-order valence-corrected chi connectivity index (χ1v) is 13.8. The molecule has 3 aliphatic carbocycles. The van der Waals surface area contributed by atoms with E-state index in [9.17, 15) is 9.90 Å². The van der Waals surface area contributed by atoms with E-state index in [1.54, 1.807) is 12.1 Å². The van der Waals surface area contributed by atoms with Gasteiger partial charge in [0, 0.05) is 28.7 Å². The first-order valence-electron chi connectivity index (χ1n) is 13.8. The molecule has 2 saturated carbocycles. The molecule has 40 heavy (non-hydrogen) atoms. The van der Waals surface area contributed by atoms with Gasteiger partial charge in [-0.2, -0.15) is 0 Å². The number of aromatic nitrogens is 1. The van der Waals surface area contributed by atoms with Crippen LogP contribution in [-0.2, 0) is 23.2 Å². The lowest BCUT2D eigenvalue weighted by molar-refractivity contribution is -0.139. The van der Waals surface area contributed by atoms with Crippen LogP contribution in [0.5, 0.6) is 11.6 Å². The van der Waals surface area contributed by atoms with Gasteiger partial charge in [-0.3, -0.25) is 4.79 Å². The average Bonchev–Trinajstić information content (AvgIpc) is 3.36. The maximum atomic E-state index is 15.7. The molecule has 5 nitrogen and oxygen atoms in total. The number of pyridine rings is 1. The van der Waals surface area contributed by atoms with Gasteiger partial charge in [-0.25, -0.2) is 18.2 Å². The number of carboxylic acids is 1. The van der Waals surface area contributed by atoms with Crippen LogP contribution in [0.2, 0.25) is 0 Å². The van der Waals surface area contributed by atoms with Crippen LogP contribution in [0.1, 0.15) is 74.1 Å². The van der Waals surface area contributed by atoms with Crippen LogP contribution in [0.4, 0.5) is 13.2 Å². The van der Waals surface area contributed by atoms with E-state index in [1.807, 2.05) is 12.1 Å². The van der Waals surface area contributed by atoms with Crippen molar-refractivity contribution in [1.29, 1.82) is 0 Å². The number of ether oxygens (including phenoxy) is 2. The molecule has 2 aromatic carbocycles. The molecule has 0 unspecified atom stereocenters. The fourth-order valence-electron chi connectivity index (χ4n) is 7.20. The molecule has 1 spiro atoms. The van der Waals surface area contributed by atoms with E-state index in [0.29, 0.717) is 30.7 Å². The standard InChI is InChI=1S/C32H32F3NO4/c1-31(2)9-4-5-22(31)20-11-17(6-7-18(20)21-12-27(39-3)36-15-25(21)34)16-40-26-13-24(33)19-8-10-32(28(19)29(26)35)14-23(32)30(37)38/h6-7,11-13,15,22-23H,4-5,8-10,14,16H2,1-3H3,(H,37,38)/t22-,23+,32-/m0/s1. The summed E-state index contributed by atoms with van der Waals surface area (Å²) in [4.78, 5) is 15.6. The Labute approximate surface area is 231 Å². The summed E-state index contributed by atoms with van der Waals surface area (Å²) in [7, 11) is 1.49. The fourth-order valence-corrected chi connectivity index (χ4v) is 7.20. The van der Waals surface area contributed by atoms with Gasteiger partial charge in [0.15, 0.2) is 11.6 Å². The van der Waals surface area contributed by atoms with E-state index in [2.05, 4.69) is 18.8 Å². The molecular formula is C32H32F3NO4. The van der Waals surface area contributed by atoms with Crippen molar-refractivity contribution in [3.8, 4) is 22.8 Å². The van der Waals surface area contributed by atoms with Crippen molar-refractivity contribution in [2.45, 2.75) is 70.3 Å². The van der Waals surface area contributed by atoms with Gasteiger partial charge < -0.3 is 14.6 Å². The summed E-state index contributed by atoms with van der Waals surface area (Å²) in [5.41, 5.74) is 2.43. The molecule has 0 aliphatic heterocycles. The number of carbonyl (C=O) groups is 1. The number of aliphatic carboxylic acids is 1. The highest BCUT2D eigenvalue weighted by molar-refractivity contribution is 5.78. The topological polar surface area (TPSA) is 68.7 Å². The summed E-state index contributed by atoms with van der Waals surface area (Å²) >= 11 is 0. The largest absolute Gasteiger partial charge is 0.486 e. The third-order valence-corrected chi connectivity index (χ3v) is 9.45. The maximum Gasteiger partial charge on any atom is 0.307 e. The highest BCUT2D eigenvalue weighted by Crippen LogP contribution is 2.63. The summed E-state index contributed by atoms with van der Waals surface area (Å²) < 4.78 is 56.8. The third-order valence-electron chi connectivity index (χ3n) is 9.45. The van der Waals surface area contributed by atoms with Gasteiger partial charge in [0.05, 0.1) is 19.2 Å². The molecule has 0 amide bonds. The summed E-state index contributed by atoms with van der Waals surface area (Å²) in [5.74, 6) is -3.11. The Balaban J connectivity index is 1.35. The molecule has 2 fully saturated rings. The van der Waals surface area contributed by atoms with Gasteiger partial charge in [0.25, 0.3) is 0 Å². The molecule has 3 aliphatic rings. The molecule has 6 rings (SSSR count). The molecule has 0 bridgehead atoms. The lowest BCUT2D eigenvalue weighted by atomic mass is 9.75. The molecule has 1 N–H and O–H groups in total. The zero-order valence-corrected chi connectivity index (χ0v) is 22.8. The average molecular weight is 552 g/mol. The Morgan fingerprint density at radius 2 is 1.90 bits per heavy atom. The van der Waals surface area contributed by atoms with Gasteiger partial charge in [-0.05, 0) is 65.7 Å². The van der Waals surface area contributed by atoms with E-state index in [0.717, 1.165) is 48.2 Å². The molecule has 0 saturated heterocycles. The van der Waals surface area contributed by atoms with Crippen molar-refractivity contribution < 1.29 is 32.5 Å². The van der Waals surface area contributed by atoms with Crippen LogP contribution in [0.3, 0.4) is 0 Å². The minimum Gasteiger partial charge on any atom is -0.486 e. The van der Waals surface area contributed by atoms with Gasteiger partial charge >= 0.3 is 5.97 Å². The smallest absolute Gasteiger partial charge is 0.307 e. The molecular weight excluding hydrogens is 519 g/mol. The molecule has 8 heteroatoms. The van der Waals surface area contributed by atoms with E-state index < -0.39 is 34.8 Å². The van der Waals surface area contributed by atoms with Crippen molar-refractivity contribution in [2.75, 3.05) is 7.11 Å². The number of hydrogen-bond acceptors (Lipinski definition) is 4. The number of hydrogen-bond donors (Lipinski definition) is 1. The van der Waals surface area contributed by atoms with Crippen LogP contribution in [-0.4, -0.2) is 23.2 Å². The van der Waals surface area contributed by atoms with Gasteiger partial charge in [-0.1, -0.05) is 38.5 Å². The minimum atomic E-state index is -0.982. The number of halogens is 3. The number of fused-ring (bicyclic) bond motifs is 2. The van der Waals surface area contributed by atoms with Gasteiger partial charge in [0.1, 0.15) is 18.2 Å². The highest BCUT2D eigenvalue weighted by atomic mass is 19.1. The zero-order chi connectivity index (χ0) is 28.4. The zero-order valence-electron chi connectivity index (χ0n) is 22.8. The first-order chi connectivity index (χ1) is 19.1. The van der Waals surface area contributed by atoms with E-state index in [1.165, 1.54) is 7.11 Å². The molecule has 1 heterocycles.